The Bertz CT molecular complexity index is 528. The zero-order valence-electron chi connectivity index (χ0n) is 15.2. The van der Waals surface area contributed by atoms with E-state index in [1.807, 2.05) is 0 Å². The lowest BCUT2D eigenvalue weighted by Crippen LogP contribution is -2.30. The van der Waals surface area contributed by atoms with Crippen LogP contribution in [-0.2, 0) is 4.74 Å². The first-order valence-electron chi connectivity index (χ1n) is 9.48. The van der Waals surface area contributed by atoms with Gasteiger partial charge in [-0.3, -0.25) is 0 Å². The number of aliphatic hydroxyl groups is 1. The standard InChI is InChI=1S/C18H31N5O2/c1-23-8-3-14(4-9-23)2-6-19-17-12-16(15-5-11-25-13-15)21-18(22-17)20-7-10-24/h12,14-15,24H,2-11,13H2,1H3,(H2,19,20,21,22). The van der Waals surface area contributed by atoms with Crippen LogP contribution in [-0.4, -0.2) is 73.0 Å². The lowest BCUT2D eigenvalue weighted by Gasteiger charge is -2.28. The number of rotatable bonds is 8. The third kappa shape index (κ3) is 5.52. The summed E-state index contributed by atoms with van der Waals surface area (Å²) in [5.74, 6) is 2.60. The van der Waals surface area contributed by atoms with Crippen LogP contribution >= 0.6 is 0 Å². The van der Waals surface area contributed by atoms with Gasteiger partial charge >= 0.3 is 0 Å². The fourth-order valence-corrected chi connectivity index (χ4v) is 3.54. The Morgan fingerprint density at radius 2 is 2.04 bits per heavy atom. The molecular formula is C18H31N5O2. The summed E-state index contributed by atoms with van der Waals surface area (Å²) in [5.41, 5.74) is 1.02. The van der Waals surface area contributed by atoms with E-state index in [1.165, 1.54) is 32.4 Å². The van der Waals surface area contributed by atoms with Gasteiger partial charge in [0.25, 0.3) is 0 Å². The van der Waals surface area contributed by atoms with E-state index in [-0.39, 0.29) is 6.61 Å². The summed E-state index contributed by atoms with van der Waals surface area (Å²) in [7, 11) is 2.20. The largest absolute Gasteiger partial charge is 0.395 e. The van der Waals surface area contributed by atoms with Gasteiger partial charge in [-0.15, -0.1) is 0 Å². The van der Waals surface area contributed by atoms with Crippen LogP contribution < -0.4 is 10.6 Å². The summed E-state index contributed by atoms with van der Waals surface area (Å²) < 4.78 is 5.50. The van der Waals surface area contributed by atoms with Crippen molar-refractivity contribution in [3.05, 3.63) is 11.8 Å². The zero-order chi connectivity index (χ0) is 17.5. The van der Waals surface area contributed by atoms with Crippen LogP contribution in [0.4, 0.5) is 11.8 Å². The van der Waals surface area contributed by atoms with Gasteiger partial charge in [0, 0.05) is 31.7 Å². The molecule has 0 saturated carbocycles. The Kier molecular flexibility index (Phi) is 6.84. The molecular weight excluding hydrogens is 318 g/mol. The highest BCUT2D eigenvalue weighted by atomic mass is 16.5. The van der Waals surface area contributed by atoms with Gasteiger partial charge in [-0.25, -0.2) is 4.98 Å². The van der Waals surface area contributed by atoms with Gasteiger partial charge < -0.3 is 25.4 Å². The van der Waals surface area contributed by atoms with Crippen molar-refractivity contribution in [2.75, 3.05) is 63.7 Å². The second kappa shape index (κ2) is 9.31. The molecule has 2 aliphatic rings. The minimum Gasteiger partial charge on any atom is -0.395 e. The first-order chi connectivity index (χ1) is 12.2. The van der Waals surface area contributed by atoms with Crippen LogP contribution in [0.25, 0.3) is 0 Å². The lowest BCUT2D eigenvalue weighted by atomic mass is 9.94. The molecule has 7 heteroatoms. The number of nitrogens with zero attached hydrogens (tertiary/aromatic N) is 3. The summed E-state index contributed by atoms with van der Waals surface area (Å²) >= 11 is 0. The van der Waals surface area contributed by atoms with Crippen molar-refractivity contribution in [1.29, 1.82) is 0 Å². The van der Waals surface area contributed by atoms with Crippen molar-refractivity contribution in [2.45, 2.75) is 31.6 Å². The number of hydrogen-bond donors (Lipinski definition) is 3. The van der Waals surface area contributed by atoms with Crippen LogP contribution in [0, 0.1) is 5.92 Å². The van der Waals surface area contributed by atoms with E-state index in [0.717, 1.165) is 43.6 Å². The molecule has 0 radical (unpaired) electrons. The average Bonchev–Trinajstić information content (AvgIpc) is 3.16. The molecule has 1 atom stereocenters. The van der Waals surface area contributed by atoms with Crippen LogP contribution in [0.3, 0.4) is 0 Å². The van der Waals surface area contributed by atoms with E-state index in [1.54, 1.807) is 0 Å². The third-order valence-corrected chi connectivity index (χ3v) is 5.19. The second-order valence-electron chi connectivity index (χ2n) is 7.17. The molecule has 25 heavy (non-hydrogen) atoms. The van der Waals surface area contributed by atoms with Crippen molar-refractivity contribution < 1.29 is 9.84 Å². The molecule has 0 spiro atoms. The second-order valence-corrected chi connectivity index (χ2v) is 7.17. The first-order valence-corrected chi connectivity index (χ1v) is 9.48. The SMILES string of the molecule is CN1CCC(CCNc2cc(C3CCOC3)nc(NCCO)n2)CC1. The quantitative estimate of drug-likeness (QED) is 0.656. The molecule has 7 nitrogen and oxygen atoms in total. The van der Waals surface area contributed by atoms with Crippen molar-refractivity contribution >= 4 is 11.8 Å². The smallest absolute Gasteiger partial charge is 0.224 e. The number of aliphatic hydroxyl groups excluding tert-OH is 1. The van der Waals surface area contributed by atoms with Crippen molar-refractivity contribution in [3.8, 4) is 0 Å². The minimum absolute atomic E-state index is 0.0685. The molecule has 3 N–H and O–H groups in total. The molecule has 2 aliphatic heterocycles. The number of hydrogen-bond acceptors (Lipinski definition) is 7. The molecule has 0 aromatic carbocycles. The zero-order valence-corrected chi connectivity index (χ0v) is 15.2. The van der Waals surface area contributed by atoms with Gasteiger partial charge in [-0.1, -0.05) is 0 Å². The maximum Gasteiger partial charge on any atom is 0.224 e. The number of likely N-dealkylation sites (tertiary alicyclic amines) is 1. The van der Waals surface area contributed by atoms with Gasteiger partial charge in [0.05, 0.1) is 18.9 Å². The molecule has 2 fully saturated rings. The van der Waals surface area contributed by atoms with Crippen molar-refractivity contribution in [1.82, 2.24) is 14.9 Å². The van der Waals surface area contributed by atoms with E-state index < -0.39 is 0 Å². The summed E-state index contributed by atoms with van der Waals surface area (Å²) in [4.78, 5) is 11.6. The predicted molar refractivity (Wildman–Crippen MR) is 99.1 cm³/mol. The molecule has 1 aromatic rings. The maximum atomic E-state index is 9.02. The van der Waals surface area contributed by atoms with E-state index in [2.05, 4.69) is 38.6 Å². The number of piperidine rings is 1. The molecule has 140 valence electrons. The summed E-state index contributed by atoms with van der Waals surface area (Å²) in [5, 5.41) is 15.6. The fraction of sp³-hybridized carbons (Fsp3) is 0.778. The van der Waals surface area contributed by atoms with Gasteiger partial charge in [0.2, 0.25) is 5.95 Å². The molecule has 1 aromatic heterocycles. The average molecular weight is 349 g/mol. The molecule has 0 bridgehead atoms. The van der Waals surface area contributed by atoms with Crippen LogP contribution in [0.5, 0.6) is 0 Å². The van der Waals surface area contributed by atoms with Crippen LogP contribution in [0.15, 0.2) is 6.07 Å². The monoisotopic (exact) mass is 349 g/mol. The van der Waals surface area contributed by atoms with Crippen molar-refractivity contribution in [2.24, 2.45) is 5.92 Å². The van der Waals surface area contributed by atoms with Gasteiger partial charge in [-0.2, -0.15) is 4.98 Å². The van der Waals surface area contributed by atoms with E-state index >= 15 is 0 Å². The number of ether oxygens (including phenoxy) is 1. The maximum absolute atomic E-state index is 9.02. The molecule has 0 amide bonds. The first kappa shape index (κ1) is 18.4. The van der Waals surface area contributed by atoms with E-state index in [9.17, 15) is 0 Å². The third-order valence-electron chi connectivity index (χ3n) is 5.19. The Labute approximate surface area is 150 Å². The molecule has 0 aliphatic carbocycles. The lowest BCUT2D eigenvalue weighted by molar-refractivity contribution is 0.193. The molecule has 3 rings (SSSR count). The number of aromatic nitrogens is 2. The molecule has 3 heterocycles. The van der Waals surface area contributed by atoms with Crippen LogP contribution in [0.2, 0.25) is 0 Å². The van der Waals surface area contributed by atoms with E-state index in [0.29, 0.717) is 18.4 Å². The summed E-state index contributed by atoms with van der Waals surface area (Å²) in [6, 6.07) is 2.05. The predicted octanol–water partition coefficient (Wildman–Crippen LogP) is 1.53. The van der Waals surface area contributed by atoms with Gasteiger partial charge in [0.15, 0.2) is 0 Å². The fourth-order valence-electron chi connectivity index (χ4n) is 3.54. The Morgan fingerprint density at radius 1 is 1.20 bits per heavy atom. The Balaban J connectivity index is 1.57. The Hall–Kier alpha value is -1.44. The summed E-state index contributed by atoms with van der Waals surface area (Å²) in [6.07, 6.45) is 4.76. The molecule has 1 unspecified atom stereocenters. The Morgan fingerprint density at radius 3 is 2.76 bits per heavy atom. The van der Waals surface area contributed by atoms with Crippen LogP contribution in [0.1, 0.15) is 37.3 Å². The van der Waals surface area contributed by atoms with Crippen molar-refractivity contribution in [3.63, 3.8) is 0 Å². The van der Waals surface area contributed by atoms with E-state index in [4.69, 9.17) is 9.84 Å². The normalized spacial score (nSPS) is 22.2. The highest BCUT2D eigenvalue weighted by Crippen LogP contribution is 2.26. The highest BCUT2D eigenvalue weighted by Gasteiger charge is 2.21. The highest BCUT2D eigenvalue weighted by molar-refractivity contribution is 5.43. The minimum atomic E-state index is 0.0685. The molecule has 2 saturated heterocycles. The van der Waals surface area contributed by atoms with Gasteiger partial charge in [0.1, 0.15) is 5.82 Å². The number of anilines is 2. The topological polar surface area (TPSA) is 82.5 Å². The summed E-state index contributed by atoms with van der Waals surface area (Å²) in [6.45, 7) is 5.40. The number of nitrogens with one attached hydrogen (secondary N) is 2. The van der Waals surface area contributed by atoms with Gasteiger partial charge in [-0.05, 0) is 51.7 Å².